The molecule has 0 N–H and O–H groups in total. The zero-order valence-corrected chi connectivity index (χ0v) is 12.7. The molecular formula is C13H14F3N3O2S. The molecule has 0 bridgehead atoms. The van der Waals surface area contributed by atoms with E-state index in [2.05, 4.69) is 10.1 Å². The third kappa shape index (κ3) is 3.13. The Hall–Kier alpha value is -1.90. The van der Waals surface area contributed by atoms with Crippen molar-refractivity contribution in [3.63, 3.8) is 0 Å². The van der Waals surface area contributed by atoms with Crippen LogP contribution in [-0.2, 0) is 35.2 Å². The van der Waals surface area contributed by atoms with Gasteiger partial charge in [0.1, 0.15) is 4.90 Å². The lowest BCUT2D eigenvalue weighted by Crippen LogP contribution is -2.18. The molecule has 0 aliphatic carbocycles. The fourth-order valence-electron chi connectivity index (χ4n) is 2.15. The van der Waals surface area contributed by atoms with Gasteiger partial charge in [-0.2, -0.15) is 18.3 Å². The summed E-state index contributed by atoms with van der Waals surface area (Å²) in [6, 6.07) is 3.35. The number of nitrogens with zero attached hydrogens (tertiary/aromatic N) is 3. The summed E-state index contributed by atoms with van der Waals surface area (Å²) >= 11 is 0. The highest BCUT2D eigenvalue weighted by atomic mass is 32.2. The Morgan fingerprint density at radius 3 is 2.59 bits per heavy atom. The first-order chi connectivity index (χ1) is 10.2. The van der Waals surface area contributed by atoms with E-state index in [1.807, 2.05) is 6.92 Å². The van der Waals surface area contributed by atoms with Crippen molar-refractivity contribution in [1.82, 2.24) is 14.8 Å². The standard InChI is InChI=1S/C13H14F3N3O2S/c1-3-9-5-4-6-17-10(9)8-22(20,21)11-7-18-19(2)12(11)13(14,15)16/h4-7H,3,8H2,1-2H3. The molecule has 9 heteroatoms. The van der Waals surface area contributed by atoms with E-state index < -0.39 is 32.4 Å². The van der Waals surface area contributed by atoms with E-state index in [4.69, 9.17) is 0 Å². The van der Waals surface area contributed by atoms with Crippen LogP contribution in [0.3, 0.4) is 0 Å². The Labute approximate surface area is 125 Å². The number of aryl methyl sites for hydroxylation is 2. The molecule has 120 valence electrons. The number of pyridine rings is 1. The zero-order chi connectivity index (χ0) is 16.5. The number of alkyl halides is 3. The van der Waals surface area contributed by atoms with Crippen molar-refractivity contribution < 1.29 is 21.6 Å². The van der Waals surface area contributed by atoms with Gasteiger partial charge in [-0.05, 0) is 18.1 Å². The highest BCUT2D eigenvalue weighted by Crippen LogP contribution is 2.34. The number of aromatic nitrogens is 3. The van der Waals surface area contributed by atoms with Crippen LogP contribution in [0.5, 0.6) is 0 Å². The number of halogens is 3. The molecule has 0 unspecified atom stereocenters. The lowest BCUT2D eigenvalue weighted by Gasteiger charge is -2.11. The van der Waals surface area contributed by atoms with E-state index >= 15 is 0 Å². The van der Waals surface area contributed by atoms with Crippen molar-refractivity contribution in [3.05, 3.63) is 41.5 Å². The molecule has 2 aromatic heterocycles. The Morgan fingerprint density at radius 2 is 2.00 bits per heavy atom. The summed E-state index contributed by atoms with van der Waals surface area (Å²) in [6.45, 7) is 1.82. The van der Waals surface area contributed by atoms with Crippen LogP contribution >= 0.6 is 0 Å². The average Bonchev–Trinajstić information content (AvgIpc) is 2.81. The molecule has 0 aliphatic rings. The number of rotatable bonds is 4. The predicted octanol–water partition coefficient (Wildman–Crippen LogP) is 2.37. The second kappa shape index (κ2) is 5.71. The first-order valence-corrected chi connectivity index (χ1v) is 8.06. The molecule has 22 heavy (non-hydrogen) atoms. The van der Waals surface area contributed by atoms with Crippen LogP contribution in [0.1, 0.15) is 23.9 Å². The minimum absolute atomic E-state index is 0.252. The minimum Gasteiger partial charge on any atom is -0.262 e. The van der Waals surface area contributed by atoms with Gasteiger partial charge in [-0.25, -0.2) is 8.42 Å². The first-order valence-electron chi connectivity index (χ1n) is 6.41. The zero-order valence-electron chi connectivity index (χ0n) is 11.9. The third-order valence-corrected chi connectivity index (χ3v) is 4.82. The molecule has 0 spiro atoms. The molecule has 0 amide bonds. The van der Waals surface area contributed by atoms with Crippen LogP contribution in [0.15, 0.2) is 29.4 Å². The summed E-state index contributed by atoms with van der Waals surface area (Å²) in [6.07, 6.45) is -2.12. The second-order valence-corrected chi connectivity index (χ2v) is 6.66. The smallest absolute Gasteiger partial charge is 0.262 e. The van der Waals surface area contributed by atoms with E-state index in [1.54, 1.807) is 12.1 Å². The van der Waals surface area contributed by atoms with Gasteiger partial charge in [-0.15, -0.1) is 0 Å². The number of hydrogen-bond donors (Lipinski definition) is 0. The van der Waals surface area contributed by atoms with Crippen LogP contribution in [-0.4, -0.2) is 23.2 Å². The topological polar surface area (TPSA) is 64.8 Å². The number of sulfone groups is 1. The number of hydrogen-bond acceptors (Lipinski definition) is 4. The molecule has 0 radical (unpaired) electrons. The van der Waals surface area contributed by atoms with Crippen LogP contribution in [0.2, 0.25) is 0 Å². The minimum atomic E-state index is -4.80. The molecule has 0 saturated heterocycles. The fourth-order valence-corrected chi connectivity index (χ4v) is 3.67. The molecule has 0 fully saturated rings. The maximum absolute atomic E-state index is 13.0. The summed E-state index contributed by atoms with van der Waals surface area (Å²) in [5.74, 6) is -0.591. The monoisotopic (exact) mass is 333 g/mol. The Kier molecular flexibility index (Phi) is 4.28. The van der Waals surface area contributed by atoms with Gasteiger partial charge in [0.15, 0.2) is 15.5 Å². The van der Waals surface area contributed by atoms with Gasteiger partial charge < -0.3 is 0 Å². The highest BCUT2D eigenvalue weighted by Gasteiger charge is 2.41. The Morgan fingerprint density at radius 1 is 1.32 bits per heavy atom. The molecule has 2 aromatic rings. The van der Waals surface area contributed by atoms with Gasteiger partial charge in [0.25, 0.3) is 0 Å². The lowest BCUT2D eigenvalue weighted by molar-refractivity contribution is -0.146. The van der Waals surface area contributed by atoms with E-state index in [9.17, 15) is 21.6 Å². The van der Waals surface area contributed by atoms with Crippen molar-refractivity contribution in [1.29, 1.82) is 0 Å². The molecule has 0 aromatic carbocycles. The lowest BCUT2D eigenvalue weighted by atomic mass is 10.1. The largest absolute Gasteiger partial charge is 0.434 e. The molecular weight excluding hydrogens is 319 g/mol. The maximum Gasteiger partial charge on any atom is 0.434 e. The van der Waals surface area contributed by atoms with Crippen molar-refractivity contribution in [2.45, 2.75) is 30.2 Å². The molecule has 0 aliphatic heterocycles. The van der Waals surface area contributed by atoms with E-state index in [0.717, 1.165) is 13.2 Å². The third-order valence-electron chi connectivity index (χ3n) is 3.20. The second-order valence-electron chi connectivity index (χ2n) is 4.70. The van der Waals surface area contributed by atoms with Gasteiger partial charge >= 0.3 is 6.18 Å². The molecule has 2 heterocycles. The van der Waals surface area contributed by atoms with Crippen molar-refractivity contribution in [3.8, 4) is 0 Å². The van der Waals surface area contributed by atoms with Crippen LogP contribution in [0.25, 0.3) is 0 Å². The predicted molar refractivity (Wildman–Crippen MR) is 72.7 cm³/mol. The van der Waals surface area contributed by atoms with Gasteiger partial charge in [-0.3, -0.25) is 9.67 Å². The van der Waals surface area contributed by atoms with Crippen LogP contribution in [0, 0.1) is 0 Å². The van der Waals surface area contributed by atoms with Crippen LogP contribution < -0.4 is 0 Å². The van der Waals surface area contributed by atoms with E-state index in [1.165, 1.54) is 6.20 Å². The molecule has 5 nitrogen and oxygen atoms in total. The van der Waals surface area contributed by atoms with Crippen molar-refractivity contribution >= 4 is 9.84 Å². The van der Waals surface area contributed by atoms with Crippen molar-refractivity contribution in [2.75, 3.05) is 0 Å². The SMILES string of the molecule is CCc1cccnc1CS(=O)(=O)c1cnn(C)c1C(F)(F)F. The quantitative estimate of drug-likeness (QED) is 0.862. The van der Waals surface area contributed by atoms with Crippen LogP contribution in [0.4, 0.5) is 13.2 Å². The average molecular weight is 333 g/mol. The van der Waals surface area contributed by atoms with Gasteiger partial charge in [0.05, 0.1) is 17.6 Å². The van der Waals surface area contributed by atoms with Gasteiger partial charge in [-0.1, -0.05) is 13.0 Å². The Bertz CT molecular complexity index is 782. The Balaban J connectivity index is 2.49. The van der Waals surface area contributed by atoms with E-state index in [0.29, 0.717) is 16.7 Å². The summed E-state index contributed by atoms with van der Waals surface area (Å²) in [5.41, 5.74) is -0.341. The first kappa shape index (κ1) is 16.5. The summed E-state index contributed by atoms with van der Waals surface area (Å²) in [4.78, 5) is 3.15. The summed E-state index contributed by atoms with van der Waals surface area (Å²) in [7, 11) is -3.15. The fraction of sp³-hybridized carbons (Fsp3) is 0.385. The summed E-state index contributed by atoms with van der Waals surface area (Å²) in [5, 5.41) is 3.43. The van der Waals surface area contributed by atoms with Gasteiger partial charge in [0, 0.05) is 13.2 Å². The molecule has 2 rings (SSSR count). The maximum atomic E-state index is 13.0. The van der Waals surface area contributed by atoms with Gasteiger partial charge in [0.2, 0.25) is 0 Å². The van der Waals surface area contributed by atoms with E-state index in [-0.39, 0.29) is 5.69 Å². The normalized spacial score (nSPS) is 12.6. The molecule has 0 saturated carbocycles. The molecule has 0 atom stereocenters. The highest BCUT2D eigenvalue weighted by molar-refractivity contribution is 7.90. The van der Waals surface area contributed by atoms with Crippen molar-refractivity contribution in [2.24, 2.45) is 7.05 Å². The summed E-state index contributed by atoms with van der Waals surface area (Å²) < 4.78 is 64.3.